The lowest BCUT2D eigenvalue weighted by molar-refractivity contribution is -0.0839. The number of rotatable bonds is 1. The zero-order valence-corrected chi connectivity index (χ0v) is 11.1. The van der Waals surface area contributed by atoms with Crippen LogP contribution in [0.5, 0.6) is 0 Å². The molecule has 0 saturated carbocycles. The summed E-state index contributed by atoms with van der Waals surface area (Å²) in [5.41, 5.74) is 1.51. The maximum Gasteiger partial charge on any atom is 0.129 e. The second-order valence-electron chi connectivity index (χ2n) is 5.69. The van der Waals surface area contributed by atoms with Crippen molar-refractivity contribution >= 4 is 0 Å². The van der Waals surface area contributed by atoms with Gasteiger partial charge in [-0.2, -0.15) is 0 Å². The van der Waals surface area contributed by atoms with Crippen molar-refractivity contribution in [3.8, 4) is 0 Å². The third-order valence-corrected chi connectivity index (χ3v) is 4.40. The molecule has 0 aromatic heterocycles. The SMILES string of the molecule is CC(C)N1CCC2(CC1)OCc1cccc(F)c12. The number of hydrogen-bond donors (Lipinski definition) is 0. The van der Waals surface area contributed by atoms with Gasteiger partial charge in [-0.1, -0.05) is 12.1 Å². The van der Waals surface area contributed by atoms with Crippen LogP contribution in [0.15, 0.2) is 18.2 Å². The first-order valence-corrected chi connectivity index (χ1v) is 6.78. The van der Waals surface area contributed by atoms with E-state index >= 15 is 0 Å². The largest absolute Gasteiger partial charge is 0.365 e. The van der Waals surface area contributed by atoms with E-state index in [-0.39, 0.29) is 11.4 Å². The standard InChI is InChI=1S/C15H20FNO/c1-11(2)17-8-6-15(7-9-17)14-12(10-18-15)4-3-5-13(14)16/h3-5,11H,6-10H2,1-2H3. The van der Waals surface area contributed by atoms with Crippen molar-refractivity contribution in [2.45, 2.75) is 44.9 Å². The van der Waals surface area contributed by atoms with Crippen LogP contribution in [0.25, 0.3) is 0 Å². The summed E-state index contributed by atoms with van der Waals surface area (Å²) in [5.74, 6) is -0.0944. The van der Waals surface area contributed by atoms with Crippen LogP contribution in [0.4, 0.5) is 4.39 Å². The first-order valence-electron chi connectivity index (χ1n) is 6.78. The van der Waals surface area contributed by atoms with Gasteiger partial charge in [0.05, 0.1) is 12.2 Å². The van der Waals surface area contributed by atoms with Gasteiger partial charge in [-0.3, -0.25) is 0 Å². The highest BCUT2D eigenvalue weighted by Crippen LogP contribution is 2.45. The van der Waals surface area contributed by atoms with E-state index < -0.39 is 0 Å². The average Bonchev–Trinajstić information content (AvgIpc) is 2.70. The Morgan fingerprint density at radius 1 is 1.28 bits per heavy atom. The monoisotopic (exact) mass is 249 g/mol. The highest BCUT2D eigenvalue weighted by Gasteiger charge is 2.44. The molecule has 18 heavy (non-hydrogen) atoms. The maximum atomic E-state index is 14.1. The number of likely N-dealkylation sites (tertiary alicyclic amines) is 1. The molecule has 0 bridgehead atoms. The Kier molecular flexibility index (Phi) is 2.91. The molecule has 0 radical (unpaired) electrons. The minimum absolute atomic E-state index is 0.0944. The van der Waals surface area contributed by atoms with Crippen molar-refractivity contribution in [3.63, 3.8) is 0 Å². The molecule has 2 aliphatic rings. The molecule has 0 amide bonds. The number of halogens is 1. The van der Waals surface area contributed by atoms with Gasteiger partial charge in [0.15, 0.2) is 0 Å². The smallest absolute Gasteiger partial charge is 0.129 e. The summed E-state index contributed by atoms with van der Waals surface area (Å²) in [7, 11) is 0. The van der Waals surface area contributed by atoms with Crippen LogP contribution in [0.1, 0.15) is 37.8 Å². The van der Waals surface area contributed by atoms with Crippen LogP contribution in [0.3, 0.4) is 0 Å². The van der Waals surface area contributed by atoms with Gasteiger partial charge in [0, 0.05) is 24.7 Å². The lowest BCUT2D eigenvalue weighted by Gasteiger charge is -2.41. The van der Waals surface area contributed by atoms with Crippen LogP contribution in [0.2, 0.25) is 0 Å². The quantitative estimate of drug-likeness (QED) is 0.758. The van der Waals surface area contributed by atoms with Crippen LogP contribution in [0, 0.1) is 5.82 Å². The maximum absolute atomic E-state index is 14.1. The summed E-state index contributed by atoms with van der Waals surface area (Å²) >= 11 is 0. The van der Waals surface area contributed by atoms with E-state index in [9.17, 15) is 4.39 Å². The van der Waals surface area contributed by atoms with Gasteiger partial charge in [-0.15, -0.1) is 0 Å². The number of ether oxygens (including phenoxy) is 1. The van der Waals surface area contributed by atoms with E-state index in [0.29, 0.717) is 12.6 Å². The predicted octanol–water partition coefficient (Wildman–Crippen LogP) is 3.06. The van der Waals surface area contributed by atoms with E-state index in [1.54, 1.807) is 12.1 Å². The van der Waals surface area contributed by atoms with Crippen molar-refractivity contribution in [1.82, 2.24) is 4.90 Å². The minimum atomic E-state index is -0.355. The fourth-order valence-electron chi connectivity index (χ4n) is 3.28. The molecular formula is C15H20FNO. The first kappa shape index (κ1) is 12.1. The minimum Gasteiger partial charge on any atom is -0.365 e. The van der Waals surface area contributed by atoms with Gasteiger partial charge in [0.25, 0.3) is 0 Å². The zero-order chi connectivity index (χ0) is 12.8. The molecule has 0 aliphatic carbocycles. The van der Waals surface area contributed by atoms with Gasteiger partial charge < -0.3 is 9.64 Å². The van der Waals surface area contributed by atoms with Gasteiger partial charge in [0.2, 0.25) is 0 Å². The Morgan fingerprint density at radius 2 is 2.00 bits per heavy atom. The highest BCUT2D eigenvalue weighted by molar-refractivity contribution is 5.37. The summed E-state index contributed by atoms with van der Waals surface area (Å²) in [4.78, 5) is 2.44. The average molecular weight is 249 g/mol. The molecule has 1 aromatic carbocycles. The third-order valence-electron chi connectivity index (χ3n) is 4.40. The Bertz CT molecular complexity index is 450. The fraction of sp³-hybridized carbons (Fsp3) is 0.600. The number of hydrogen-bond acceptors (Lipinski definition) is 2. The van der Waals surface area contributed by atoms with E-state index in [1.165, 1.54) is 0 Å². The van der Waals surface area contributed by atoms with Crippen molar-refractivity contribution in [2.24, 2.45) is 0 Å². The number of nitrogens with zero attached hydrogens (tertiary/aromatic N) is 1. The molecule has 3 rings (SSSR count). The summed E-state index contributed by atoms with van der Waals surface area (Å²) in [6.07, 6.45) is 1.80. The molecule has 2 nitrogen and oxygen atoms in total. The molecular weight excluding hydrogens is 229 g/mol. The summed E-state index contributed by atoms with van der Waals surface area (Å²) in [5, 5.41) is 0. The highest BCUT2D eigenvalue weighted by atomic mass is 19.1. The Balaban J connectivity index is 1.88. The molecule has 1 aromatic rings. The van der Waals surface area contributed by atoms with Crippen molar-refractivity contribution in [1.29, 1.82) is 0 Å². The zero-order valence-electron chi connectivity index (χ0n) is 11.1. The molecule has 1 spiro atoms. The predicted molar refractivity (Wildman–Crippen MR) is 68.8 cm³/mol. The van der Waals surface area contributed by atoms with Crippen molar-refractivity contribution in [2.75, 3.05) is 13.1 Å². The fourth-order valence-corrected chi connectivity index (χ4v) is 3.28. The van der Waals surface area contributed by atoms with Crippen LogP contribution in [-0.2, 0) is 16.9 Å². The lowest BCUT2D eigenvalue weighted by Crippen LogP contribution is -2.45. The van der Waals surface area contributed by atoms with E-state index in [2.05, 4.69) is 18.7 Å². The lowest BCUT2D eigenvalue weighted by atomic mass is 9.83. The molecule has 1 saturated heterocycles. The van der Waals surface area contributed by atoms with E-state index in [1.807, 2.05) is 6.07 Å². The van der Waals surface area contributed by atoms with Gasteiger partial charge in [-0.25, -0.2) is 4.39 Å². The first-order chi connectivity index (χ1) is 8.62. The van der Waals surface area contributed by atoms with Gasteiger partial charge in [-0.05, 0) is 38.3 Å². The molecule has 0 unspecified atom stereocenters. The summed E-state index contributed by atoms with van der Waals surface area (Å²) in [6.45, 7) is 6.97. The van der Waals surface area contributed by atoms with Crippen LogP contribution >= 0.6 is 0 Å². The van der Waals surface area contributed by atoms with E-state index in [4.69, 9.17) is 4.74 Å². The van der Waals surface area contributed by atoms with Crippen molar-refractivity contribution in [3.05, 3.63) is 35.1 Å². The Hall–Kier alpha value is -0.930. The van der Waals surface area contributed by atoms with Gasteiger partial charge >= 0.3 is 0 Å². The molecule has 98 valence electrons. The topological polar surface area (TPSA) is 12.5 Å². The molecule has 3 heteroatoms. The third kappa shape index (κ3) is 1.77. The number of benzene rings is 1. The molecule has 0 N–H and O–H groups in total. The van der Waals surface area contributed by atoms with Crippen molar-refractivity contribution < 1.29 is 9.13 Å². The van der Waals surface area contributed by atoms with Crippen LogP contribution in [-0.4, -0.2) is 24.0 Å². The van der Waals surface area contributed by atoms with E-state index in [0.717, 1.165) is 37.1 Å². The second-order valence-corrected chi connectivity index (χ2v) is 5.69. The number of piperidine rings is 1. The molecule has 2 aliphatic heterocycles. The summed E-state index contributed by atoms with van der Waals surface area (Å²) in [6, 6.07) is 5.88. The molecule has 2 heterocycles. The summed E-state index contributed by atoms with van der Waals surface area (Å²) < 4.78 is 20.1. The van der Waals surface area contributed by atoms with Crippen LogP contribution < -0.4 is 0 Å². The normalized spacial score (nSPS) is 22.7. The number of fused-ring (bicyclic) bond motifs is 2. The Morgan fingerprint density at radius 3 is 2.67 bits per heavy atom. The molecule has 1 fully saturated rings. The second kappa shape index (κ2) is 4.32. The molecule has 0 atom stereocenters. The Labute approximate surface area is 108 Å². The van der Waals surface area contributed by atoms with Gasteiger partial charge in [0.1, 0.15) is 5.82 Å².